The van der Waals surface area contributed by atoms with Crippen LogP contribution in [0.15, 0.2) is 42.5 Å². The Bertz CT molecular complexity index is 523. The van der Waals surface area contributed by atoms with E-state index in [1.807, 2.05) is 49.4 Å². The average molecular weight is 228 g/mol. The van der Waals surface area contributed by atoms with Gasteiger partial charge in [0, 0.05) is 0 Å². The van der Waals surface area contributed by atoms with Gasteiger partial charge >= 0.3 is 0 Å². The molecule has 0 bridgehead atoms. The normalized spacial score (nSPS) is 10.0. The van der Waals surface area contributed by atoms with Crippen molar-refractivity contribution >= 4 is 17.1 Å². The van der Waals surface area contributed by atoms with Crippen molar-refractivity contribution in [1.82, 2.24) is 0 Å². The molecule has 2 aromatic carbocycles. The summed E-state index contributed by atoms with van der Waals surface area (Å²) in [5, 5.41) is 3.28. The molecule has 0 amide bonds. The number of aryl methyl sites for hydroxylation is 1. The predicted molar refractivity (Wildman–Crippen MR) is 71.9 cm³/mol. The molecule has 0 fully saturated rings. The molecule has 0 radical (unpaired) electrons. The molecule has 0 heterocycles. The molecule has 0 saturated carbocycles. The Balaban J connectivity index is 2.35. The van der Waals surface area contributed by atoms with Gasteiger partial charge in [-0.1, -0.05) is 18.2 Å². The number of anilines is 3. The van der Waals surface area contributed by atoms with E-state index in [2.05, 4.69) is 5.32 Å². The second kappa shape index (κ2) is 4.78. The van der Waals surface area contributed by atoms with E-state index in [1.54, 1.807) is 7.11 Å². The third kappa shape index (κ3) is 2.50. The summed E-state index contributed by atoms with van der Waals surface area (Å²) in [6, 6.07) is 13.6. The molecular weight excluding hydrogens is 212 g/mol. The highest BCUT2D eigenvalue weighted by Crippen LogP contribution is 2.30. The number of methoxy groups -OCH3 is 1. The molecule has 0 unspecified atom stereocenters. The number of ether oxygens (including phenoxy) is 1. The van der Waals surface area contributed by atoms with E-state index >= 15 is 0 Å². The highest BCUT2D eigenvalue weighted by atomic mass is 16.5. The number of hydrogen-bond donors (Lipinski definition) is 2. The van der Waals surface area contributed by atoms with Crippen molar-refractivity contribution in [2.45, 2.75) is 6.92 Å². The summed E-state index contributed by atoms with van der Waals surface area (Å²) in [5.74, 6) is 0.804. The lowest BCUT2D eigenvalue weighted by Crippen LogP contribution is -1.98. The molecule has 0 saturated heterocycles. The zero-order chi connectivity index (χ0) is 12.3. The van der Waals surface area contributed by atoms with Gasteiger partial charge in [0.2, 0.25) is 0 Å². The predicted octanol–water partition coefficient (Wildman–Crippen LogP) is 3.33. The first kappa shape index (κ1) is 11.3. The van der Waals surface area contributed by atoms with Crippen LogP contribution in [-0.2, 0) is 0 Å². The van der Waals surface area contributed by atoms with E-state index in [1.165, 1.54) is 5.56 Å². The van der Waals surface area contributed by atoms with Crippen LogP contribution in [0.1, 0.15) is 5.56 Å². The van der Waals surface area contributed by atoms with Crippen LogP contribution in [0.2, 0.25) is 0 Å². The Hall–Kier alpha value is -2.16. The lowest BCUT2D eigenvalue weighted by Gasteiger charge is -2.13. The van der Waals surface area contributed by atoms with Gasteiger partial charge in [-0.15, -0.1) is 0 Å². The number of rotatable bonds is 3. The summed E-state index contributed by atoms with van der Waals surface area (Å²) < 4.78 is 5.31. The summed E-state index contributed by atoms with van der Waals surface area (Å²) in [6.45, 7) is 2.04. The van der Waals surface area contributed by atoms with E-state index in [0.717, 1.165) is 22.8 Å². The zero-order valence-electron chi connectivity index (χ0n) is 10.0. The molecule has 3 heteroatoms. The largest absolute Gasteiger partial charge is 0.495 e. The number of nitrogens with one attached hydrogen (secondary N) is 1. The number of hydrogen-bond acceptors (Lipinski definition) is 3. The summed E-state index contributed by atoms with van der Waals surface area (Å²) in [4.78, 5) is 0. The monoisotopic (exact) mass is 228 g/mol. The van der Waals surface area contributed by atoms with Gasteiger partial charge in [-0.2, -0.15) is 0 Å². The number of para-hydroxylation sites is 2. The average Bonchev–Trinajstić information content (AvgIpc) is 2.32. The van der Waals surface area contributed by atoms with Gasteiger partial charge in [-0.25, -0.2) is 0 Å². The molecule has 17 heavy (non-hydrogen) atoms. The van der Waals surface area contributed by atoms with E-state index in [0.29, 0.717) is 0 Å². The maximum atomic E-state index is 5.89. The fourth-order valence-corrected chi connectivity index (χ4v) is 1.68. The van der Waals surface area contributed by atoms with Crippen LogP contribution in [0.5, 0.6) is 5.75 Å². The molecule has 0 aliphatic rings. The van der Waals surface area contributed by atoms with E-state index in [-0.39, 0.29) is 0 Å². The third-order valence-corrected chi connectivity index (χ3v) is 2.59. The summed E-state index contributed by atoms with van der Waals surface area (Å²) in [7, 11) is 1.66. The van der Waals surface area contributed by atoms with E-state index in [4.69, 9.17) is 10.5 Å². The molecule has 3 nitrogen and oxygen atoms in total. The quantitative estimate of drug-likeness (QED) is 0.792. The SMILES string of the molecule is COc1ccc(C)cc1Nc1ccccc1N. The first-order chi connectivity index (χ1) is 8.20. The minimum Gasteiger partial charge on any atom is -0.495 e. The van der Waals surface area contributed by atoms with Crippen molar-refractivity contribution in [3.05, 3.63) is 48.0 Å². The van der Waals surface area contributed by atoms with Crippen LogP contribution < -0.4 is 15.8 Å². The van der Waals surface area contributed by atoms with Crippen molar-refractivity contribution in [2.75, 3.05) is 18.2 Å². The maximum Gasteiger partial charge on any atom is 0.142 e. The molecule has 0 aliphatic carbocycles. The van der Waals surface area contributed by atoms with Gasteiger partial charge in [0.1, 0.15) is 5.75 Å². The highest BCUT2D eigenvalue weighted by Gasteiger charge is 2.04. The van der Waals surface area contributed by atoms with Crippen molar-refractivity contribution in [3.63, 3.8) is 0 Å². The van der Waals surface area contributed by atoms with Crippen LogP contribution in [-0.4, -0.2) is 7.11 Å². The third-order valence-electron chi connectivity index (χ3n) is 2.59. The smallest absolute Gasteiger partial charge is 0.142 e. The van der Waals surface area contributed by atoms with Gasteiger partial charge < -0.3 is 15.8 Å². The van der Waals surface area contributed by atoms with Crippen molar-refractivity contribution in [2.24, 2.45) is 0 Å². The van der Waals surface area contributed by atoms with E-state index < -0.39 is 0 Å². The molecule has 3 N–H and O–H groups in total. The highest BCUT2D eigenvalue weighted by molar-refractivity contribution is 5.75. The molecule has 0 aromatic heterocycles. The minimum atomic E-state index is 0.719. The zero-order valence-corrected chi connectivity index (χ0v) is 10.0. The molecule has 2 aromatic rings. The number of nitrogens with two attached hydrogens (primary N) is 1. The minimum absolute atomic E-state index is 0.719. The van der Waals surface area contributed by atoms with Gasteiger partial charge in [0.05, 0.1) is 24.2 Å². The van der Waals surface area contributed by atoms with Crippen molar-refractivity contribution < 1.29 is 4.74 Å². The van der Waals surface area contributed by atoms with Gasteiger partial charge in [0.25, 0.3) is 0 Å². The lowest BCUT2D eigenvalue weighted by molar-refractivity contribution is 0.416. The van der Waals surface area contributed by atoms with Crippen LogP contribution in [0.25, 0.3) is 0 Å². The van der Waals surface area contributed by atoms with Gasteiger partial charge in [-0.3, -0.25) is 0 Å². The summed E-state index contributed by atoms with van der Waals surface area (Å²) in [6.07, 6.45) is 0. The summed E-state index contributed by atoms with van der Waals surface area (Å²) >= 11 is 0. The Labute approximate surface area is 101 Å². The molecule has 0 atom stereocenters. The molecule has 0 spiro atoms. The Morgan fingerprint density at radius 1 is 1.06 bits per heavy atom. The Morgan fingerprint density at radius 3 is 2.53 bits per heavy atom. The first-order valence-corrected chi connectivity index (χ1v) is 5.47. The number of nitrogen functional groups attached to an aromatic ring is 1. The molecule has 0 aliphatic heterocycles. The van der Waals surface area contributed by atoms with Crippen LogP contribution in [0.4, 0.5) is 17.1 Å². The summed E-state index contributed by atoms with van der Waals surface area (Å²) in [5.41, 5.74) is 9.59. The van der Waals surface area contributed by atoms with Crippen molar-refractivity contribution in [3.8, 4) is 5.75 Å². The fourth-order valence-electron chi connectivity index (χ4n) is 1.68. The second-order valence-electron chi connectivity index (χ2n) is 3.92. The van der Waals surface area contributed by atoms with E-state index in [9.17, 15) is 0 Å². The van der Waals surface area contributed by atoms with Gasteiger partial charge in [0.15, 0.2) is 0 Å². The molecule has 88 valence electrons. The molecular formula is C14H16N2O. The van der Waals surface area contributed by atoms with Gasteiger partial charge in [-0.05, 0) is 36.8 Å². The fraction of sp³-hybridized carbons (Fsp3) is 0.143. The van der Waals surface area contributed by atoms with Crippen LogP contribution in [0.3, 0.4) is 0 Å². The standard InChI is InChI=1S/C14H16N2O/c1-10-7-8-14(17-2)13(9-10)16-12-6-4-3-5-11(12)15/h3-9,16H,15H2,1-2H3. The maximum absolute atomic E-state index is 5.89. The lowest BCUT2D eigenvalue weighted by atomic mass is 10.2. The Morgan fingerprint density at radius 2 is 1.82 bits per heavy atom. The molecule has 2 rings (SSSR count). The van der Waals surface area contributed by atoms with Crippen LogP contribution >= 0.6 is 0 Å². The Kier molecular flexibility index (Phi) is 3.19. The van der Waals surface area contributed by atoms with Crippen molar-refractivity contribution in [1.29, 1.82) is 0 Å². The number of benzene rings is 2. The second-order valence-corrected chi connectivity index (χ2v) is 3.92. The van der Waals surface area contributed by atoms with Crippen LogP contribution in [0, 0.1) is 6.92 Å². The first-order valence-electron chi connectivity index (χ1n) is 5.47. The topological polar surface area (TPSA) is 47.3 Å².